The van der Waals surface area contributed by atoms with Crippen LogP contribution in [-0.2, 0) is 6.42 Å². The Balaban J connectivity index is 1.97. The van der Waals surface area contributed by atoms with Crippen LogP contribution in [0.3, 0.4) is 0 Å². The number of benzene rings is 2. The van der Waals surface area contributed by atoms with Crippen molar-refractivity contribution in [2.24, 2.45) is 0 Å². The highest BCUT2D eigenvalue weighted by Crippen LogP contribution is 2.17. The lowest BCUT2D eigenvalue weighted by atomic mass is 10.1. The Hall–Kier alpha value is -2.82. The summed E-state index contributed by atoms with van der Waals surface area (Å²) in [6.45, 7) is 0. The van der Waals surface area contributed by atoms with Crippen LogP contribution < -0.4 is 5.73 Å². The highest BCUT2D eigenvalue weighted by molar-refractivity contribution is 5.55. The first-order valence-corrected chi connectivity index (χ1v) is 6.51. The van der Waals surface area contributed by atoms with E-state index in [1.165, 1.54) is 6.07 Å². The Kier molecular flexibility index (Phi) is 3.55. The first kappa shape index (κ1) is 13.2. The molecule has 0 aliphatic rings. The average molecular weight is 280 g/mol. The molecule has 0 aliphatic carbocycles. The second-order valence-electron chi connectivity index (χ2n) is 4.57. The summed E-state index contributed by atoms with van der Waals surface area (Å²) in [5.74, 6) is 0.800. The number of nitrogens with two attached hydrogens (primary N) is 1. The Morgan fingerprint density at radius 2 is 1.57 bits per heavy atom. The van der Waals surface area contributed by atoms with Gasteiger partial charge in [-0.25, -0.2) is 9.37 Å². The minimum Gasteiger partial charge on any atom is -0.368 e. The van der Waals surface area contributed by atoms with Crippen molar-refractivity contribution in [1.82, 2.24) is 15.0 Å². The first-order chi connectivity index (χ1) is 10.2. The summed E-state index contributed by atoms with van der Waals surface area (Å²) in [7, 11) is 0. The van der Waals surface area contributed by atoms with Crippen LogP contribution in [0.2, 0.25) is 0 Å². The number of rotatable bonds is 3. The van der Waals surface area contributed by atoms with Gasteiger partial charge in [0.2, 0.25) is 5.95 Å². The molecular weight excluding hydrogens is 267 g/mol. The molecule has 0 aliphatic heterocycles. The molecule has 3 aromatic rings. The molecule has 21 heavy (non-hydrogen) atoms. The fraction of sp³-hybridized carbons (Fsp3) is 0.0625. The fourth-order valence-corrected chi connectivity index (χ4v) is 2.05. The quantitative estimate of drug-likeness (QED) is 0.801. The van der Waals surface area contributed by atoms with E-state index in [1.54, 1.807) is 18.2 Å². The van der Waals surface area contributed by atoms with Crippen molar-refractivity contribution in [3.8, 4) is 11.4 Å². The third kappa shape index (κ3) is 3.02. The zero-order chi connectivity index (χ0) is 14.7. The molecule has 0 atom stereocenters. The first-order valence-electron chi connectivity index (χ1n) is 6.51. The predicted molar refractivity (Wildman–Crippen MR) is 78.9 cm³/mol. The summed E-state index contributed by atoms with van der Waals surface area (Å²) >= 11 is 0. The Morgan fingerprint density at radius 3 is 2.33 bits per heavy atom. The third-order valence-corrected chi connectivity index (χ3v) is 3.04. The van der Waals surface area contributed by atoms with Crippen molar-refractivity contribution >= 4 is 5.95 Å². The van der Waals surface area contributed by atoms with Gasteiger partial charge in [0.25, 0.3) is 0 Å². The summed E-state index contributed by atoms with van der Waals surface area (Å²) < 4.78 is 13.7. The molecule has 104 valence electrons. The largest absolute Gasteiger partial charge is 0.368 e. The van der Waals surface area contributed by atoms with Crippen molar-refractivity contribution in [2.75, 3.05) is 5.73 Å². The lowest BCUT2D eigenvalue weighted by Gasteiger charge is -2.06. The highest BCUT2D eigenvalue weighted by atomic mass is 19.1. The number of nitrogens with zero attached hydrogens (tertiary/aromatic N) is 3. The molecule has 1 heterocycles. The van der Waals surface area contributed by atoms with E-state index in [1.807, 2.05) is 30.3 Å². The summed E-state index contributed by atoms with van der Waals surface area (Å²) in [5, 5.41) is 0. The van der Waals surface area contributed by atoms with Crippen molar-refractivity contribution < 1.29 is 4.39 Å². The zero-order valence-electron chi connectivity index (χ0n) is 11.2. The number of hydrogen-bond acceptors (Lipinski definition) is 4. The van der Waals surface area contributed by atoms with Crippen LogP contribution in [0.25, 0.3) is 11.4 Å². The molecule has 0 spiro atoms. The summed E-state index contributed by atoms with van der Waals surface area (Å²) in [4.78, 5) is 12.6. The molecule has 0 radical (unpaired) electrons. The van der Waals surface area contributed by atoms with E-state index in [0.29, 0.717) is 17.2 Å². The molecule has 2 aromatic carbocycles. The standard InChI is InChI=1S/C16H13FN4/c17-13-9-5-4-8-12(13)10-14-19-15(21-16(18)20-14)11-6-2-1-3-7-11/h1-9H,10H2,(H2,18,19,20,21). The molecule has 0 bridgehead atoms. The summed E-state index contributed by atoms with van der Waals surface area (Å²) in [5.41, 5.74) is 7.11. The van der Waals surface area contributed by atoms with Gasteiger partial charge < -0.3 is 5.73 Å². The van der Waals surface area contributed by atoms with Gasteiger partial charge in [-0.3, -0.25) is 0 Å². The van der Waals surface area contributed by atoms with Gasteiger partial charge in [0.15, 0.2) is 5.82 Å². The van der Waals surface area contributed by atoms with Gasteiger partial charge in [-0.1, -0.05) is 48.5 Å². The van der Waals surface area contributed by atoms with Crippen LogP contribution in [0.15, 0.2) is 54.6 Å². The zero-order valence-corrected chi connectivity index (χ0v) is 11.2. The van der Waals surface area contributed by atoms with Crippen LogP contribution >= 0.6 is 0 Å². The topological polar surface area (TPSA) is 64.7 Å². The smallest absolute Gasteiger partial charge is 0.223 e. The third-order valence-electron chi connectivity index (χ3n) is 3.04. The molecule has 0 amide bonds. The maximum absolute atomic E-state index is 13.7. The van der Waals surface area contributed by atoms with Crippen LogP contribution in [0, 0.1) is 5.82 Å². The molecule has 3 rings (SSSR count). The molecule has 2 N–H and O–H groups in total. The molecule has 0 saturated carbocycles. The van der Waals surface area contributed by atoms with Crippen molar-refractivity contribution in [3.05, 3.63) is 71.8 Å². The van der Waals surface area contributed by atoms with E-state index in [2.05, 4.69) is 15.0 Å². The van der Waals surface area contributed by atoms with E-state index in [-0.39, 0.29) is 18.2 Å². The number of aromatic nitrogens is 3. The van der Waals surface area contributed by atoms with Gasteiger partial charge in [-0.2, -0.15) is 9.97 Å². The summed E-state index contributed by atoms with van der Waals surface area (Å²) in [6.07, 6.45) is 0.277. The lowest BCUT2D eigenvalue weighted by Crippen LogP contribution is -2.06. The Morgan fingerprint density at radius 1 is 0.857 bits per heavy atom. The molecular formula is C16H13FN4. The molecule has 0 fully saturated rings. The summed E-state index contributed by atoms with van der Waals surface area (Å²) in [6, 6.07) is 16.0. The molecule has 0 unspecified atom stereocenters. The van der Waals surface area contributed by atoms with Gasteiger partial charge in [-0.05, 0) is 11.6 Å². The van der Waals surface area contributed by atoms with Crippen LogP contribution in [-0.4, -0.2) is 15.0 Å². The fourth-order valence-electron chi connectivity index (χ4n) is 2.05. The van der Waals surface area contributed by atoms with Gasteiger partial charge in [0.1, 0.15) is 11.6 Å². The van der Waals surface area contributed by atoms with E-state index in [4.69, 9.17) is 5.73 Å². The molecule has 0 saturated heterocycles. The number of nitrogen functional groups attached to an aromatic ring is 1. The van der Waals surface area contributed by atoms with Crippen LogP contribution in [0.5, 0.6) is 0 Å². The second kappa shape index (κ2) is 5.66. The van der Waals surface area contributed by atoms with E-state index < -0.39 is 0 Å². The molecule has 5 heteroatoms. The van der Waals surface area contributed by atoms with Gasteiger partial charge in [0, 0.05) is 12.0 Å². The Bertz CT molecular complexity index is 759. The van der Waals surface area contributed by atoms with E-state index in [9.17, 15) is 4.39 Å². The normalized spacial score (nSPS) is 10.5. The van der Waals surface area contributed by atoms with Crippen molar-refractivity contribution in [2.45, 2.75) is 6.42 Å². The van der Waals surface area contributed by atoms with Crippen molar-refractivity contribution in [1.29, 1.82) is 0 Å². The average Bonchev–Trinajstić information content (AvgIpc) is 2.50. The van der Waals surface area contributed by atoms with Crippen molar-refractivity contribution in [3.63, 3.8) is 0 Å². The SMILES string of the molecule is Nc1nc(Cc2ccccc2F)nc(-c2ccccc2)n1. The molecule has 4 nitrogen and oxygen atoms in total. The lowest BCUT2D eigenvalue weighted by molar-refractivity contribution is 0.612. The van der Waals surface area contributed by atoms with Gasteiger partial charge in [0.05, 0.1) is 0 Å². The monoisotopic (exact) mass is 280 g/mol. The minimum absolute atomic E-state index is 0.134. The van der Waals surface area contributed by atoms with E-state index >= 15 is 0 Å². The van der Waals surface area contributed by atoms with Gasteiger partial charge >= 0.3 is 0 Å². The number of halogens is 1. The maximum Gasteiger partial charge on any atom is 0.223 e. The maximum atomic E-state index is 13.7. The Labute approximate surface area is 121 Å². The predicted octanol–water partition coefficient (Wildman–Crippen LogP) is 2.85. The van der Waals surface area contributed by atoms with Gasteiger partial charge in [-0.15, -0.1) is 0 Å². The van der Waals surface area contributed by atoms with Crippen LogP contribution in [0.4, 0.5) is 10.3 Å². The van der Waals surface area contributed by atoms with Crippen LogP contribution in [0.1, 0.15) is 11.4 Å². The highest BCUT2D eigenvalue weighted by Gasteiger charge is 2.09. The number of hydrogen-bond donors (Lipinski definition) is 1. The second-order valence-corrected chi connectivity index (χ2v) is 4.57. The number of anilines is 1. The minimum atomic E-state index is -0.280. The molecule has 1 aromatic heterocycles. The van der Waals surface area contributed by atoms with E-state index in [0.717, 1.165) is 5.56 Å².